The Morgan fingerprint density at radius 3 is 2.53 bits per heavy atom. The summed E-state index contributed by atoms with van der Waals surface area (Å²) >= 11 is 0. The Labute approximate surface area is 101 Å². The number of aliphatic hydroxyl groups excluding tert-OH is 1. The predicted octanol–water partition coefficient (Wildman–Crippen LogP) is 2.48. The highest BCUT2D eigenvalue weighted by atomic mass is 16.3. The van der Waals surface area contributed by atoms with Crippen molar-refractivity contribution in [3.8, 4) is 0 Å². The number of aromatic nitrogens is 2. The first-order valence-corrected chi connectivity index (χ1v) is 5.62. The van der Waals surface area contributed by atoms with E-state index in [-0.39, 0.29) is 0 Å². The summed E-state index contributed by atoms with van der Waals surface area (Å²) in [5.74, 6) is 0.673. The summed E-state index contributed by atoms with van der Waals surface area (Å²) in [5.41, 5.74) is 3.81. The molecule has 0 saturated heterocycles. The van der Waals surface area contributed by atoms with Crippen molar-refractivity contribution in [3.05, 3.63) is 58.7 Å². The van der Waals surface area contributed by atoms with Crippen molar-refractivity contribution in [2.45, 2.75) is 26.9 Å². The van der Waals surface area contributed by atoms with Crippen molar-refractivity contribution in [2.75, 3.05) is 0 Å². The minimum absolute atomic E-state index is 0.643. The van der Waals surface area contributed by atoms with Gasteiger partial charge in [-0.25, -0.2) is 9.97 Å². The number of rotatable bonds is 2. The number of hydrogen-bond acceptors (Lipinski definition) is 3. The maximum absolute atomic E-state index is 10.3. The van der Waals surface area contributed by atoms with E-state index in [1.54, 1.807) is 12.3 Å². The van der Waals surface area contributed by atoms with Crippen molar-refractivity contribution in [1.29, 1.82) is 0 Å². The molecule has 0 saturated carbocycles. The molecule has 1 N–H and O–H groups in total. The topological polar surface area (TPSA) is 46.0 Å². The molecular weight excluding hydrogens is 212 g/mol. The molecule has 1 aromatic heterocycles. The van der Waals surface area contributed by atoms with Crippen LogP contribution < -0.4 is 0 Å². The molecular formula is C14H16N2O. The SMILES string of the molecule is Cc1ccc(C(O)c2ccnc(C)n2)c(C)c1. The van der Waals surface area contributed by atoms with Gasteiger partial charge in [0.05, 0.1) is 5.69 Å². The van der Waals surface area contributed by atoms with Gasteiger partial charge < -0.3 is 5.11 Å². The summed E-state index contributed by atoms with van der Waals surface area (Å²) in [6.07, 6.45) is 0.988. The predicted molar refractivity (Wildman–Crippen MR) is 66.7 cm³/mol. The molecule has 0 aliphatic rings. The van der Waals surface area contributed by atoms with Gasteiger partial charge in [-0.2, -0.15) is 0 Å². The van der Waals surface area contributed by atoms with Crippen molar-refractivity contribution in [3.63, 3.8) is 0 Å². The van der Waals surface area contributed by atoms with Crippen molar-refractivity contribution >= 4 is 0 Å². The van der Waals surface area contributed by atoms with Crippen LogP contribution in [0.25, 0.3) is 0 Å². The van der Waals surface area contributed by atoms with E-state index in [0.717, 1.165) is 11.1 Å². The van der Waals surface area contributed by atoms with Crippen LogP contribution in [-0.4, -0.2) is 15.1 Å². The molecule has 88 valence electrons. The van der Waals surface area contributed by atoms with Gasteiger partial charge in [-0.1, -0.05) is 23.8 Å². The molecule has 0 aliphatic carbocycles. The van der Waals surface area contributed by atoms with Crippen molar-refractivity contribution in [2.24, 2.45) is 0 Å². The average molecular weight is 228 g/mol. The third kappa shape index (κ3) is 2.50. The fourth-order valence-electron chi connectivity index (χ4n) is 1.92. The maximum atomic E-state index is 10.3. The lowest BCUT2D eigenvalue weighted by atomic mass is 9.99. The van der Waals surface area contributed by atoms with Gasteiger partial charge in [0.1, 0.15) is 11.9 Å². The Hall–Kier alpha value is -1.74. The fourth-order valence-corrected chi connectivity index (χ4v) is 1.92. The number of hydrogen-bond donors (Lipinski definition) is 1. The van der Waals surface area contributed by atoms with E-state index in [4.69, 9.17) is 0 Å². The van der Waals surface area contributed by atoms with Gasteiger partial charge in [0, 0.05) is 6.20 Å². The summed E-state index contributed by atoms with van der Waals surface area (Å²) in [6.45, 7) is 5.86. The number of nitrogens with zero attached hydrogens (tertiary/aromatic N) is 2. The van der Waals surface area contributed by atoms with Crippen LogP contribution in [0.2, 0.25) is 0 Å². The van der Waals surface area contributed by atoms with E-state index in [0.29, 0.717) is 11.5 Å². The van der Waals surface area contributed by atoms with Gasteiger partial charge in [-0.15, -0.1) is 0 Å². The third-order valence-corrected chi connectivity index (χ3v) is 2.80. The van der Waals surface area contributed by atoms with E-state index >= 15 is 0 Å². The molecule has 1 aromatic carbocycles. The Bertz CT molecular complexity index is 537. The van der Waals surface area contributed by atoms with E-state index in [1.807, 2.05) is 32.9 Å². The van der Waals surface area contributed by atoms with Gasteiger partial charge in [0.25, 0.3) is 0 Å². The molecule has 0 radical (unpaired) electrons. The lowest BCUT2D eigenvalue weighted by Crippen LogP contribution is -2.06. The Morgan fingerprint density at radius 2 is 1.88 bits per heavy atom. The van der Waals surface area contributed by atoms with Crippen molar-refractivity contribution < 1.29 is 5.11 Å². The molecule has 0 fully saturated rings. The lowest BCUT2D eigenvalue weighted by Gasteiger charge is -2.14. The van der Waals surface area contributed by atoms with E-state index in [1.165, 1.54) is 5.56 Å². The zero-order valence-electron chi connectivity index (χ0n) is 10.3. The van der Waals surface area contributed by atoms with Crippen LogP contribution in [0.4, 0.5) is 0 Å². The minimum atomic E-state index is -0.683. The highest BCUT2D eigenvalue weighted by Gasteiger charge is 2.14. The highest BCUT2D eigenvalue weighted by molar-refractivity contribution is 5.35. The summed E-state index contributed by atoms with van der Waals surface area (Å²) in [7, 11) is 0. The van der Waals surface area contributed by atoms with Crippen LogP contribution in [0.5, 0.6) is 0 Å². The zero-order valence-corrected chi connectivity index (χ0v) is 10.3. The molecule has 1 heterocycles. The van der Waals surface area contributed by atoms with Gasteiger partial charge >= 0.3 is 0 Å². The number of benzene rings is 1. The van der Waals surface area contributed by atoms with Gasteiger partial charge in [-0.3, -0.25) is 0 Å². The molecule has 17 heavy (non-hydrogen) atoms. The maximum Gasteiger partial charge on any atom is 0.125 e. The standard InChI is InChI=1S/C14H16N2O/c1-9-4-5-12(10(2)8-9)14(17)13-6-7-15-11(3)16-13/h4-8,14,17H,1-3H3. The van der Waals surface area contributed by atoms with Gasteiger partial charge in [0.2, 0.25) is 0 Å². The second-order valence-corrected chi connectivity index (χ2v) is 4.29. The van der Waals surface area contributed by atoms with E-state index in [9.17, 15) is 5.11 Å². The highest BCUT2D eigenvalue weighted by Crippen LogP contribution is 2.23. The van der Waals surface area contributed by atoms with E-state index < -0.39 is 6.10 Å². The molecule has 3 heteroatoms. The van der Waals surface area contributed by atoms with Crippen molar-refractivity contribution in [1.82, 2.24) is 9.97 Å². The molecule has 0 spiro atoms. The minimum Gasteiger partial charge on any atom is -0.382 e. The average Bonchev–Trinajstić information content (AvgIpc) is 2.28. The molecule has 1 atom stereocenters. The Kier molecular flexibility index (Phi) is 3.20. The summed E-state index contributed by atoms with van der Waals surface area (Å²) in [6, 6.07) is 7.76. The Balaban J connectivity index is 2.40. The molecule has 3 nitrogen and oxygen atoms in total. The first kappa shape index (κ1) is 11.7. The van der Waals surface area contributed by atoms with Crippen LogP contribution in [0.1, 0.15) is 34.3 Å². The smallest absolute Gasteiger partial charge is 0.125 e. The largest absolute Gasteiger partial charge is 0.382 e. The first-order valence-electron chi connectivity index (χ1n) is 5.62. The van der Waals surface area contributed by atoms with E-state index in [2.05, 4.69) is 16.0 Å². The zero-order chi connectivity index (χ0) is 12.4. The third-order valence-electron chi connectivity index (χ3n) is 2.80. The van der Waals surface area contributed by atoms with Gasteiger partial charge in [-0.05, 0) is 38.0 Å². The first-order chi connectivity index (χ1) is 8.08. The second-order valence-electron chi connectivity index (χ2n) is 4.29. The number of aliphatic hydroxyl groups is 1. The lowest BCUT2D eigenvalue weighted by molar-refractivity contribution is 0.214. The van der Waals surface area contributed by atoms with Crippen LogP contribution in [0.15, 0.2) is 30.5 Å². The summed E-state index contributed by atoms with van der Waals surface area (Å²) in [5, 5.41) is 10.3. The second kappa shape index (κ2) is 4.63. The van der Waals surface area contributed by atoms with Gasteiger partial charge in [0.15, 0.2) is 0 Å². The normalized spacial score (nSPS) is 12.5. The molecule has 2 aromatic rings. The fraction of sp³-hybridized carbons (Fsp3) is 0.286. The number of aryl methyl sites for hydroxylation is 3. The molecule has 0 aliphatic heterocycles. The Morgan fingerprint density at radius 1 is 1.12 bits per heavy atom. The molecule has 0 amide bonds. The summed E-state index contributed by atoms with van der Waals surface area (Å²) < 4.78 is 0. The van der Waals surface area contributed by atoms with Crippen LogP contribution in [-0.2, 0) is 0 Å². The quantitative estimate of drug-likeness (QED) is 0.859. The molecule has 1 unspecified atom stereocenters. The van der Waals surface area contributed by atoms with Crippen LogP contribution in [0.3, 0.4) is 0 Å². The molecule has 0 bridgehead atoms. The monoisotopic (exact) mass is 228 g/mol. The van der Waals surface area contributed by atoms with Crippen LogP contribution >= 0.6 is 0 Å². The summed E-state index contributed by atoms with van der Waals surface area (Å²) in [4.78, 5) is 8.28. The molecule has 2 rings (SSSR count). The van der Waals surface area contributed by atoms with Crippen LogP contribution in [0, 0.1) is 20.8 Å².